The summed E-state index contributed by atoms with van der Waals surface area (Å²) in [5.41, 5.74) is 1.07. The SMILES string of the molecule is CN(C(=O)[C@@H]1CSC(c2ccccc2)=N1)c1ccn(C)n1. The summed E-state index contributed by atoms with van der Waals surface area (Å²) in [6, 6.07) is 11.4. The van der Waals surface area contributed by atoms with Crippen LogP contribution in [0.4, 0.5) is 5.82 Å². The van der Waals surface area contributed by atoms with Gasteiger partial charge in [0.15, 0.2) is 5.82 Å². The molecular weight excluding hydrogens is 284 g/mol. The Morgan fingerprint density at radius 1 is 1.33 bits per heavy atom. The van der Waals surface area contributed by atoms with E-state index in [-0.39, 0.29) is 11.9 Å². The molecule has 1 aliphatic rings. The zero-order valence-corrected chi connectivity index (χ0v) is 12.7. The van der Waals surface area contributed by atoms with Crippen molar-refractivity contribution in [3.8, 4) is 0 Å². The normalized spacial score (nSPS) is 17.6. The summed E-state index contributed by atoms with van der Waals surface area (Å²) in [4.78, 5) is 18.6. The lowest BCUT2D eigenvalue weighted by atomic mass is 10.2. The minimum atomic E-state index is -0.336. The van der Waals surface area contributed by atoms with E-state index >= 15 is 0 Å². The second kappa shape index (κ2) is 5.73. The highest BCUT2D eigenvalue weighted by atomic mass is 32.2. The molecule has 21 heavy (non-hydrogen) atoms. The molecule has 0 aliphatic carbocycles. The van der Waals surface area contributed by atoms with E-state index in [1.807, 2.05) is 49.6 Å². The van der Waals surface area contributed by atoms with Gasteiger partial charge in [-0.1, -0.05) is 30.3 Å². The number of aliphatic imine (C=N–C) groups is 1. The van der Waals surface area contributed by atoms with Gasteiger partial charge in [-0.2, -0.15) is 5.10 Å². The molecule has 2 aromatic rings. The number of carbonyl (C=O) groups excluding carboxylic acids is 1. The highest BCUT2D eigenvalue weighted by Gasteiger charge is 2.29. The Labute approximate surface area is 127 Å². The number of aryl methyl sites for hydroxylation is 1. The fourth-order valence-electron chi connectivity index (χ4n) is 2.16. The van der Waals surface area contributed by atoms with E-state index in [0.717, 1.165) is 10.6 Å². The second-order valence-corrected chi connectivity index (χ2v) is 5.88. The van der Waals surface area contributed by atoms with Crippen molar-refractivity contribution < 1.29 is 4.79 Å². The van der Waals surface area contributed by atoms with Crippen LogP contribution in [0.15, 0.2) is 47.6 Å². The Hall–Kier alpha value is -2.08. The number of benzene rings is 1. The van der Waals surface area contributed by atoms with E-state index in [9.17, 15) is 4.79 Å². The molecule has 0 N–H and O–H groups in total. The van der Waals surface area contributed by atoms with E-state index in [1.54, 1.807) is 28.4 Å². The van der Waals surface area contributed by atoms with Crippen LogP contribution < -0.4 is 4.90 Å². The maximum Gasteiger partial charge on any atom is 0.253 e. The second-order valence-electron chi connectivity index (χ2n) is 4.87. The molecule has 1 aliphatic heterocycles. The number of hydrogen-bond donors (Lipinski definition) is 0. The van der Waals surface area contributed by atoms with Crippen molar-refractivity contribution in [2.45, 2.75) is 6.04 Å². The molecule has 1 amide bonds. The minimum absolute atomic E-state index is 0.0212. The van der Waals surface area contributed by atoms with Crippen LogP contribution >= 0.6 is 11.8 Å². The van der Waals surface area contributed by atoms with Gasteiger partial charge >= 0.3 is 0 Å². The highest BCUT2D eigenvalue weighted by Crippen LogP contribution is 2.25. The molecule has 0 bridgehead atoms. The number of likely N-dealkylation sites (N-methyl/N-ethyl adjacent to an activating group) is 1. The maximum atomic E-state index is 12.5. The Balaban J connectivity index is 1.76. The summed E-state index contributed by atoms with van der Waals surface area (Å²) in [5, 5.41) is 5.18. The number of anilines is 1. The molecule has 1 aromatic carbocycles. The monoisotopic (exact) mass is 300 g/mol. The molecule has 0 radical (unpaired) electrons. The van der Waals surface area contributed by atoms with Gasteiger partial charge in [-0.25, -0.2) is 0 Å². The predicted octanol–water partition coefficient (Wildman–Crippen LogP) is 1.95. The minimum Gasteiger partial charge on any atom is -0.297 e. The summed E-state index contributed by atoms with van der Waals surface area (Å²) in [6.07, 6.45) is 1.82. The summed E-state index contributed by atoms with van der Waals surface area (Å²) in [6.45, 7) is 0. The summed E-state index contributed by atoms with van der Waals surface area (Å²) in [7, 11) is 3.57. The van der Waals surface area contributed by atoms with Crippen molar-refractivity contribution in [2.24, 2.45) is 12.0 Å². The van der Waals surface area contributed by atoms with Crippen molar-refractivity contribution in [2.75, 3.05) is 17.7 Å². The molecular formula is C15H16N4OS. The van der Waals surface area contributed by atoms with E-state index in [0.29, 0.717) is 11.6 Å². The number of aromatic nitrogens is 2. The van der Waals surface area contributed by atoms with Crippen molar-refractivity contribution in [1.82, 2.24) is 9.78 Å². The lowest BCUT2D eigenvalue weighted by Crippen LogP contribution is -2.36. The first-order chi connectivity index (χ1) is 10.1. The Morgan fingerprint density at radius 2 is 2.10 bits per heavy atom. The highest BCUT2D eigenvalue weighted by molar-refractivity contribution is 8.14. The standard InChI is InChI=1S/C15H16N4OS/c1-18-9-8-13(17-18)19(2)15(20)12-10-21-14(16-12)11-6-4-3-5-7-11/h3-9,12H,10H2,1-2H3/t12-/m0/s1. The van der Waals surface area contributed by atoms with Crippen molar-refractivity contribution in [3.05, 3.63) is 48.2 Å². The molecule has 5 nitrogen and oxygen atoms in total. The number of rotatable bonds is 3. The third-order valence-electron chi connectivity index (χ3n) is 3.33. The molecule has 0 unspecified atom stereocenters. The largest absolute Gasteiger partial charge is 0.297 e. The average molecular weight is 300 g/mol. The number of amides is 1. The van der Waals surface area contributed by atoms with E-state index < -0.39 is 0 Å². The first-order valence-electron chi connectivity index (χ1n) is 6.68. The third kappa shape index (κ3) is 2.85. The fraction of sp³-hybridized carbons (Fsp3) is 0.267. The number of thioether (sulfide) groups is 1. The lowest BCUT2D eigenvalue weighted by Gasteiger charge is -2.16. The lowest BCUT2D eigenvalue weighted by molar-refractivity contribution is -0.119. The smallest absolute Gasteiger partial charge is 0.253 e. The van der Waals surface area contributed by atoms with Crippen LogP contribution in [-0.2, 0) is 11.8 Å². The number of nitrogens with zero attached hydrogens (tertiary/aromatic N) is 4. The molecule has 1 aromatic heterocycles. The van der Waals surface area contributed by atoms with Gasteiger partial charge in [0.05, 0.1) is 5.04 Å². The molecule has 0 saturated heterocycles. The third-order valence-corrected chi connectivity index (χ3v) is 4.43. The zero-order valence-electron chi connectivity index (χ0n) is 11.9. The molecule has 2 heterocycles. The van der Waals surface area contributed by atoms with E-state index in [4.69, 9.17) is 0 Å². The molecule has 0 saturated carbocycles. The van der Waals surface area contributed by atoms with Crippen LogP contribution in [0, 0.1) is 0 Å². The first kappa shape index (κ1) is 13.9. The van der Waals surface area contributed by atoms with Gasteiger partial charge in [0, 0.05) is 37.7 Å². The number of hydrogen-bond acceptors (Lipinski definition) is 4. The Kier molecular flexibility index (Phi) is 3.79. The van der Waals surface area contributed by atoms with Gasteiger partial charge in [-0.15, -0.1) is 11.8 Å². The number of carbonyl (C=O) groups is 1. The first-order valence-corrected chi connectivity index (χ1v) is 7.67. The summed E-state index contributed by atoms with van der Waals surface area (Å²) < 4.78 is 1.68. The molecule has 3 rings (SSSR count). The van der Waals surface area contributed by atoms with Gasteiger partial charge in [0.1, 0.15) is 6.04 Å². The van der Waals surface area contributed by atoms with Crippen LogP contribution in [0.3, 0.4) is 0 Å². The zero-order chi connectivity index (χ0) is 14.8. The average Bonchev–Trinajstić information content (AvgIpc) is 3.16. The molecule has 1 atom stereocenters. The Morgan fingerprint density at radius 3 is 2.76 bits per heavy atom. The van der Waals surface area contributed by atoms with Gasteiger partial charge in [0.2, 0.25) is 0 Å². The molecule has 6 heteroatoms. The van der Waals surface area contributed by atoms with Gasteiger partial charge in [-0.05, 0) is 0 Å². The van der Waals surface area contributed by atoms with Crippen LogP contribution in [0.1, 0.15) is 5.56 Å². The van der Waals surface area contributed by atoms with Gasteiger partial charge < -0.3 is 0 Å². The van der Waals surface area contributed by atoms with E-state index in [2.05, 4.69) is 10.1 Å². The predicted molar refractivity (Wildman–Crippen MR) is 85.8 cm³/mol. The van der Waals surface area contributed by atoms with E-state index in [1.165, 1.54) is 0 Å². The molecule has 108 valence electrons. The van der Waals surface area contributed by atoms with Crippen molar-refractivity contribution >= 4 is 28.5 Å². The van der Waals surface area contributed by atoms with Crippen LogP contribution in [0.5, 0.6) is 0 Å². The van der Waals surface area contributed by atoms with Gasteiger partial charge in [0.25, 0.3) is 5.91 Å². The van der Waals surface area contributed by atoms with Crippen molar-refractivity contribution in [3.63, 3.8) is 0 Å². The maximum absolute atomic E-state index is 12.5. The van der Waals surface area contributed by atoms with Crippen molar-refractivity contribution in [1.29, 1.82) is 0 Å². The van der Waals surface area contributed by atoms with Crippen LogP contribution in [0.25, 0.3) is 0 Å². The fourth-order valence-corrected chi connectivity index (χ4v) is 3.19. The quantitative estimate of drug-likeness (QED) is 0.870. The topological polar surface area (TPSA) is 50.5 Å². The molecule has 0 fully saturated rings. The summed E-state index contributed by atoms with van der Waals surface area (Å²) >= 11 is 1.63. The van der Waals surface area contributed by atoms with Crippen LogP contribution in [-0.4, -0.2) is 39.6 Å². The molecule has 0 spiro atoms. The Bertz CT molecular complexity index is 680. The van der Waals surface area contributed by atoms with Crippen LogP contribution in [0.2, 0.25) is 0 Å². The summed E-state index contributed by atoms with van der Waals surface area (Å²) in [5.74, 6) is 1.31. The van der Waals surface area contributed by atoms with Gasteiger partial charge in [-0.3, -0.25) is 19.4 Å².